The first-order valence-corrected chi connectivity index (χ1v) is 12.6. The number of rotatable bonds is 3. The SMILES string of the molecule is Cc1c(C(N=Nc2ccc(Cl)cc2)=C2C=C(C(C)(C)C)C(=O)C(C(C)(C)C)=C2)oc2ccc(Cl)cc12. The molecule has 186 valence electrons. The molecule has 0 fully saturated rings. The molecule has 0 N–H and O–H groups in total. The van der Waals surface area contributed by atoms with E-state index in [1.807, 2.05) is 72.8 Å². The van der Waals surface area contributed by atoms with Crippen LogP contribution in [-0.2, 0) is 4.79 Å². The van der Waals surface area contributed by atoms with Crippen LogP contribution >= 0.6 is 23.2 Å². The average molecular weight is 521 g/mol. The van der Waals surface area contributed by atoms with Gasteiger partial charge >= 0.3 is 0 Å². The molecule has 1 aliphatic carbocycles. The van der Waals surface area contributed by atoms with E-state index >= 15 is 0 Å². The Morgan fingerprint density at radius 2 is 1.39 bits per heavy atom. The van der Waals surface area contributed by atoms with Crippen LogP contribution in [0.15, 0.2) is 86.0 Å². The van der Waals surface area contributed by atoms with Crippen LogP contribution in [-0.4, -0.2) is 5.78 Å². The van der Waals surface area contributed by atoms with Crippen LogP contribution < -0.4 is 0 Å². The first-order chi connectivity index (χ1) is 16.8. The number of allylic oxidation sites excluding steroid dienone is 5. The van der Waals surface area contributed by atoms with Gasteiger partial charge < -0.3 is 4.42 Å². The zero-order chi connectivity index (χ0) is 26.4. The molecule has 0 saturated carbocycles. The van der Waals surface area contributed by atoms with Gasteiger partial charge in [-0.3, -0.25) is 4.79 Å². The topological polar surface area (TPSA) is 54.9 Å². The molecule has 0 amide bonds. The predicted octanol–water partition coefficient (Wildman–Crippen LogP) is 10.1. The van der Waals surface area contributed by atoms with Crippen LogP contribution in [0.25, 0.3) is 16.7 Å². The molecule has 0 aliphatic heterocycles. The van der Waals surface area contributed by atoms with E-state index < -0.39 is 0 Å². The Balaban J connectivity index is 2.04. The third kappa shape index (κ3) is 5.25. The van der Waals surface area contributed by atoms with Gasteiger partial charge in [0, 0.05) is 37.7 Å². The fraction of sp³-hybridized carbons (Fsp3) is 0.300. The van der Waals surface area contributed by atoms with Gasteiger partial charge in [-0.15, -0.1) is 5.11 Å². The Morgan fingerprint density at radius 3 is 1.94 bits per heavy atom. The number of hydrogen-bond donors (Lipinski definition) is 0. The van der Waals surface area contributed by atoms with Crippen LogP contribution in [0.3, 0.4) is 0 Å². The Hall–Kier alpha value is -2.95. The van der Waals surface area contributed by atoms with Gasteiger partial charge in [-0.2, -0.15) is 5.11 Å². The first kappa shape index (κ1) is 26.1. The van der Waals surface area contributed by atoms with Gasteiger partial charge in [0.15, 0.2) is 11.5 Å². The number of carbonyl (C=O) groups excluding carboxylic acids is 1. The summed E-state index contributed by atoms with van der Waals surface area (Å²) in [6.45, 7) is 14.2. The number of aryl methyl sites for hydroxylation is 1. The summed E-state index contributed by atoms with van der Waals surface area (Å²) in [6, 6.07) is 12.7. The fourth-order valence-corrected chi connectivity index (χ4v) is 4.45. The maximum Gasteiger partial charge on any atom is 0.186 e. The highest BCUT2D eigenvalue weighted by atomic mass is 35.5. The quantitative estimate of drug-likeness (QED) is 0.322. The summed E-state index contributed by atoms with van der Waals surface area (Å²) >= 11 is 12.3. The smallest absolute Gasteiger partial charge is 0.186 e. The van der Waals surface area contributed by atoms with Crippen LogP contribution in [0.5, 0.6) is 0 Å². The van der Waals surface area contributed by atoms with Gasteiger partial charge in [-0.1, -0.05) is 64.7 Å². The van der Waals surface area contributed by atoms with Gasteiger partial charge in [-0.05, 0) is 72.4 Å². The monoisotopic (exact) mass is 520 g/mol. The third-order valence-electron chi connectivity index (χ3n) is 6.18. The molecule has 0 spiro atoms. The molecule has 0 atom stereocenters. The Bertz CT molecular complexity index is 1440. The lowest BCUT2D eigenvalue weighted by Gasteiger charge is -2.31. The second-order valence-electron chi connectivity index (χ2n) is 11.1. The molecular formula is C30H30Cl2N2O2. The van der Waals surface area contributed by atoms with Crippen molar-refractivity contribution < 1.29 is 9.21 Å². The Morgan fingerprint density at radius 1 is 0.833 bits per heavy atom. The van der Waals surface area contributed by atoms with Crippen LogP contribution in [0.4, 0.5) is 5.69 Å². The minimum atomic E-state index is -0.359. The number of nitrogens with zero attached hydrogens (tertiary/aromatic N) is 2. The van der Waals surface area contributed by atoms with E-state index in [4.69, 9.17) is 27.6 Å². The van der Waals surface area contributed by atoms with E-state index in [0.717, 1.165) is 27.7 Å². The van der Waals surface area contributed by atoms with Crippen molar-refractivity contribution in [2.45, 2.75) is 48.5 Å². The van der Waals surface area contributed by atoms with E-state index in [-0.39, 0.29) is 16.6 Å². The number of halogens is 2. The normalized spacial score (nSPS) is 15.0. The molecule has 1 aromatic heterocycles. The van der Waals surface area contributed by atoms with Crippen molar-refractivity contribution >= 4 is 51.3 Å². The lowest BCUT2D eigenvalue weighted by Crippen LogP contribution is -2.28. The standard InChI is InChI=1S/C30H30Cl2N2O2/c1-17-22-16-20(32)10-13-25(22)36-28(17)26(34-33-21-11-8-19(31)9-12-21)18-14-23(29(2,3)4)27(35)24(15-18)30(5,6)7/h8-16H,1-7H3. The molecule has 0 bridgehead atoms. The molecule has 1 aliphatic rings. The summed E-state index contributed by atoms with van der Waals surface area (Å²) in [4.78, 5) is 13.5. The second-order valence-corrected chi connectivity index (χ2v) is 12.0. The molecule has 0 radical (unpaired) electrons. The first-order valence-electron chi connectivity index (χ1n) is 11.9. The molecule has 0 saturated heterocycles. The maximum absolute atomic E-state index is 13.5. The lowest BCUT2D eigenvalue weighted by molar-refractivity contribution is -0.114. The number of ketones is 1. The van der Waals surface area contributed by atoms with Crippen molar-refractivity contribution in [3.8, 4) is 0 Å². The number of azo groups is 1. The lowest BCUT2D eigenvalue weighted by atomic mass is 9.71. The summed E-state index contributed by atoms with van der Waals surface area (Å²) in [5.41, 5.74) is 4.31. The van der Waals surface area contributed by atoms with Gasteiger partial charge in [0.2, 0.25) is 0 Å². The highest BCUT2D eigenvalue weighted by Gasteiger charge is 2.35. The van der Waals surface area contributed by atoms with Crippen molar-refractivity contribution in [2.75, 3.05) is 0 Å². The van der Waals surface area contributed by atoms with Crippen LogP contribution in [0, 0.1) is 17.8 Å². The summed E-state index contributed by atoms with van der Waals surface area (Å²) in [7, 11) is 0. The van der Waals surface area contributed by atoms with Crippen LogP contribution in [0.2, 0.25) is 10.0 Å². The average Bonchev–Trinajstić information content (AvgIpc) is 3.10. The number of fused-ring (bicyclic) bond motifs is 1. The molecule has 6 heteroatoms. The van der Waals surface area contributed by atoms with Crippen LogP contribution in [0.1, 0.15) is 52.9 Å². The van der Waals surface area contributed by atoms with Crippen molar-refractivity contribution in [3.63, 3.8) is 0 Å². The predicted molar refractivity (Wildman–Crippen MR) is 149 cm³/mol. The molecule has 0 unspecified atom stereocenters. The molecule has 36 heavy (non-hydrogen) atoms. The minimum Gasteiger partial charge on any atom is -0.454 e. The summed E-state index contributed by atoms with van der Waals surface area (Å²) in [5.74, 6) is 0.643. The largest absolute Gasteiger partial charge is 0.454 e. The van der Waals surface area contributed by atoms with Crippen molar-refractivity contribution in [1.29, 1.82) is 0 Å². The summed E-state index contributed by atoms with van der Waals surface area (Å²) in [6.07, 6.45) is 3.85. The van der Waals surface area contributed by atoms with E-state index in [0.29, 0.717) is 32.8 Å². The van der Waals surface area contributed by atoms with E-state index in [2.05, 4.69) is 10.2 Å². The third-order valence-corrected chi connectivity index (χ3v) is 6.67. The zero-order valence-electron chi connectivity index (χ0n) is 21.7. The van der Waals surface area contributed by atoms with E-state index in [1.165, 1.54) is 0 Å². The molecule has 3 aromatic rings. The molecule has 4 nitrogen and oxygen atoms in total. The van der Waals surface area contributed by atoms with E-state index in [9.17, 15) is 4.79 Å². The number of benzene rings is 2. The molecule has 4 rings (SSSR count). The highest BCUT2D eigenvalue weighted by molar-refractivity contribution is 6.31. The fourth-order valence-electron chi connectivity index (χ4n) is 4.15. The van der Waals surface area contributed by atoms with Crippen molar-refractivity contribution in [2.24, 2.45) is 21.1 Å². The molecule has 1 heterocycles. The number of Topliss-reactive ketones (excluding diaryl/α,β-unsaturated/α-hetero) is 1. The maximum atomic E-state index is 13.5. The van der Waals surface area contributed by atoms with Gasteiger partial charge in [0.1, 0.15) is 11.3 Å². The van der Waals surface area contributed by atoms with Gasteiger partial charge in [0.05, 0.1) is 5.69 Å². The number of furan rings is 1. The summed E-state index contributed by atoms with van der Waals surface area (Å²) < 4.78 is 6.31. The molecule has 2 aromatic carbocycles. The summed E-state index contributed by atoms with van der Waals surface area (Å²) in [5, 5.41) is 11.3. The van der Waals surface area contributed by atoms with Crippen molar-refractivity contribution in [3.05, 3.63) is 92.7 Å². The highest BCUT2D eigenvalue weighted by Crippen LogP contribution is 2.42. The second kappa shape index (κ2) is 9.49. The van der Waals surface area contributed by atoms with Gasteiger partial charge in [-0.25, -0.2) is 0 Å². The number of carbonyl (C=O) groups is 1. The molecular weight excluding hydrogens is 491 g/mol. The minimum absolute atomic E-state index is 0.0563. The number of hydrogen-bond acceptors (Lipinski definition) is 4. The Labute approximate surface area is 222 Å². The van der Waals surface area contributed by atoms with Crippen molar-refractivity contribution in [1.82, 2.24) is 0 Å². The van der Waals surface area contributed by atoms with Gasteiger partial charge in [0.25, 0.3) is 0 Å². The van der Waals surface area contributed by atoms with E-state index in [1.54, 1.807) is 30.3 Å². The Kier molecular flexibility index (Phi) is 6.89. The zero-order valence-corrected chi connectivity index (χ0v) is 23.2.